The maximum atomic E-state index is 6.32. The number of hydrogen-bond donors (Lipinski definition) is 2. The lowest BCUT2D eigenvalue weighted by Gasteiger charge is -2.07. The average molecular weight is 526 g/mol. The smallest absolute Gasteiger partial charge is 0.176 e. The highest BCUT2D eigenvalue weighted by molar-refractivity contribution is 7.80. The number of nitrogens with zero attached hydrogens (tertiary/aromatic N) is 4. The van der Waals surface area contributed by atoms with E-state index in [9.17, 15) is 0 Å². The third-order valence-corrected chi connectivity index (χ3v) is 5.72. The zero-order valence-corrected chi connectivity index (χ0v) is 20.2. The third-order valence-electron chi connectivity index (χ3n) is 4.42. The SMILES string of the molecule is S=C(Nc1cnn(Cc2cccc(Cl)c2)c1)Nc1nn(Cc2ccc(Cl)cc2Cl)cc1Cl. The first-order chi connectivity index (χ1) is 15.4. The van der Waals surface area contributed by atoms with Crippen molar-refractivity contribution in [3.05, 3.63) is 92.3 Å². The zero-order valence-electron chi connectivity index (χ0n) is 16.4. The van der Waals surface area contributed by atoms with Gasteiger partial charge in [0.1, 0.15) is 5.02 Å². The lowest BCUT2D eigenvalue weighted by Crippen LogP contribution is -2.19. The first-order valence-electron chi connectivity index (χ1n) is 9.37. The van der Waals surface area contributed by atoms with Crippen molar-refractivity contribution in [2.45, 2.75) is 13.1 Å². The number of halogens is 4. The Labute approximate surface area is 210 Å². The molecule has 0 atom stereocenters. The van der Waals surface area contributed by atoms with E-state index in [1.807, 2.05) is 36.5 Å². The third kappa shape index (κ3) is 5.94. The number of aromatic nitrogens is 4. The van der Waals surface area contributed by atoms with E-state index in [1.54, 1.807) is 33.9 Å². The molecule has 4 aromatic rings. The number of benzene rings is 2. The summed E-state index contributed by atoms with van der Waals surface area (Å²) < 4.78 is 3.46. The minimum absolute atomic E-state index is 0.337. The summed E-state index contributed by atoms with van der Waals surface area (Å²) >= 11 is 29.9. The molecule has 11 heteroatoms. The Balaban J connectivity index is 1.37. The van der Waals surface area contributed by atoms with Gasteiger partial charge in [-0.2, -0.15) is 10.2 Å². The van der Waals surface area contributed by atoms with Gasteiger partial charge >= 0.3 is 0 Å². The van der Waals surface area contributed by atoms with E-state index < -0.39 is 0 Å². The second kappa shape index (κ2) is 10.1. The number of rotatable bonds is 6. The highest BCUT2D eigenvalue weighted by Crippen LogP contribution is 2.24. The summed E-state index contributed by atoms with van der Waals surface area (Å²) in [6.45, 7) is 1.03. The van der Waals surface area contributed by atoms with Crippen molar-refractivity contribution in [3.63, 3.8) is 0 Å². The predicted octanol–water partition coefficient (Wildman–Crippen LogP) is 6.60. The van der Waals surface area contributed by atoms with Gasteiger partial charge in [-0.05, 0) is 47.6 Å². The standard InChI is InChI=1S/C21H16Cl4N6S/c22-15-3-1-2-13(6-15)9-30-11-17(8-26-30)27-21(32)28-20-19(25)12-31(29-20)10-14-4-5-16(23)7-18(14)24/h1-8,11-12H,9-10H2,(H2,27,28,29,32). The zero-order chi connectivity index (χ0) is 22.7. The average Bonchev–Trinajstić information content (AvgIpc) is 3.30. The van der Waals surface area contributed by atoms with Crippen molar-refractivity contribution in [2.75, 3.05) is 10.6 Å². The maximum Gasteiger partial charge on any atom is 0.176 e. The molecular weight excluding hydrogens is 510 g/mol. The summed E-state index contributed by atoms with van der Waals surface area (Å²) in [6, 6.07) is 12.9. The van der Waals surface area contributed by atoms with Crippen LogP contribution in [0.5, 0.6) is 0 Å². The Morgan fingerprint density at radius 1 is 0.875 bits per heavy atom. The molecule has 164 valence electrons. The lowest BCUT2D eigenvalue weighted by atomic mass is 10.2. The molecule has 0 radical (unpaired) electrons. The predicted molar refractivity (Wildman–Crippen MR) is 135 cm³/mol. The Bertz CT molecular complexity index is 1270. The van der Waals surface area contributed by atoms with Gasteiger partial charge in [0.2, 0.25) is 0 Å². The Hall–Kier alpha value is -2.29. The van der Waals surface area contributed by atoms with E-state index in [0.717, 1.165) is 16.8 Å². The van der Waals surface area contributed by atoms with Crippen molar-refractivity contribution in [2.24, 2.45) is 0 Å². The van der Waals surface area contributed by atoms with E-state index >= 15 is 0 Å². The first kappa shape index (κ1) is 22.9. The van der Waals surface area contributed by atoms with Crippen LogP contribution < -0.4 is 10.6 Å². The van der Waals surface area contributed by atoms with Crippen LogP contribution in [0, 0.1) is 0 Å². The highest BCUT2D eigenvalue weighted by atomic mass is 35.5. The van der Waals surface area contributed by atoms with E-state index in [2.05, 4.69) is 20.8 Å². The van der Waals surface area contributed by atoms with Gasteiger partial charge in [-0.1, -0.05) is 64.6 Å². The summed E-state index contributed by atoms with van der Waals surface area (Å²) in [6.07, 6.45) is 5.22. The molecule has 32 heavy (non-hydrogen) atoms. The number of thiocarbonyl (C=S) groups is 1. The molecule has 0 saturated heterocycles. The fourth-order valence-corrected chi connectivity index (χ4v) is 4.09. The Morgan fingerprint density at radius 2 is 1.69 bits per heavy atom. The Kier molecular flexibility index (Phi) is 7.23. The van der Waals surface area contributed by atoms with Crippen LogP contribution in [0.25, 0.3) is 0 Å². The van der Waals surface area contributed by atoms with Gasteiger partial charge in [0.15, 0.2) is 10.9 Å². The fourth-order valence-electron chi connectivity index (χ4n) is 2.99. The van der Waals surface area contributed by atoms with Crippen molar-refractivity contribution in [1.82, 2.24) is 19.6 Å². The molecule has 2 N–H and O–H groups in total. The van der Waals surface area contributed by atoms with Crippen molar-refractivity contribution in [3.8, 4) is 0 Å². The van der Waals surface area contributed by atoms with Crippen LogP contribution in [0.2, 0.25) is 20.1 Å². The summed E-state index contributed by atoms with van der Waals surface area (Å²) in [7, 11) is 0. The summed E-state index contributed by atoms with van der Waals surface area (Å²) in [5, 5.41) is 17.4. The van der Waals surface area contributed by atoms with Crippen LogP contribution in [0.4, 0.5) is 11.5 Å². The molecule has 2 aromatic heterocycles. The minimum Gasteiger partial charge on any atom is -0.330 e. The molecule has 0 aliphatic rings. The van der Waals surface area contributed by atoms with Crippen LogP contribution in [0.15, 0.2) is 61.1 Å². The molecule has 4 rings (SSSR count). The molecule has 0 spiro atoms. The molecule has 0 amide bonds. The molecule has 0 fully saturated rings. The molecule has 2 heterocycles. The second-order valence-electron chi connectivity index (χ2n) is 6.89. The van der Waals surface area contributed by atoms with Crippen LogP contribution in [0.1, 0.15) is 11.1 Å². The van der Waals surface area contributed by atoms with E-state index in [0.29, 0.717) is 44.1 Å². The first-order valence-corrected chi connectivity index (χ1v) is 11.3. The number of nitrogens with one attached hydrogen (secondary N) is 2. The summed E-state index contributed by atoms with van der Waals surface area (Å²) in [5.41, 5.74) is 2.65. The van der Waals surface area contributed by atoms with Crippen molar-refractivity contribution in [1.29, 1.82) is 0 Å². The van der Waals surface area contributed by atoms with Crippen LogP contribution in [0.3, 0.4) is 0 Å². The molecule has 6 nitrogen and oxygen atoms in total. The van der Waals surface area contributed by atoms with Crippen LogP contribution in [-0.4, -0.2) is 24.7 Å². The van der Waals surface area contributed by atoms with Gasteiger partial charge in [-0.3, -0.25) is 9.36 Å². The maximum absolute atomic E-state index is 6.32. The van der Waals surface area contributed by atoms with Gasteiger partial charge < -0.3 is 10.6 Å². The quantitative estimate of drug-likeness (QED) is 0.278. The van der Waals surface area contributed by atoms with Crippen LogP contribution in [-0.2, 0) is 13.1 Å². The number of hydrogen-bond acceptors (Lipinski definition) is 3. The largest absolute Gasteiger partial charge is 0.330 e. The molecule has 2 aromatic carbocycles. The van der Waals surface area contributed by atoms with Crippen molar-refractivity contribution < 1.29 is 0 Å². The molecular formula is C21H16Cl4N6S. The lowest BCUT2D eigenvalue weighted by molar-refractivity contribution is 0.687. The Morgan fingerprint density at radius 3 is 2.47 bits per heavy atom. The van der Waals surface area contributed by atoms with E-state index in [-0.39, 0.29) is 0 Å². The fraction of sp³-hybridized carbons (Fsp3) is 0.0952. The minimum atomic E-state index is 0.337. The van der Waals surface area contributed by atoms with Crippen LogP contribution >= 0.6 is 58.6 Å². The van der Waals surface area contributed by atoms with Crippen molar-refractivity contribution >= 4 is 75.2 Å². The topological polar surface area (TPSA) is 59.7 Å². The summed E-state index contributed by atoms with van der Waals surface area (Å²) in [5.74, 6) is 0.431. The molecule has 0 saturated carbocycles. The summed E-state index contributed by atoms with van der Waals surface area (Å²) in [4.78, 5) is 0. The van der Waals surface area contributed by atoms with Gasteiger partial charge in [0.05, 0.1) is 25.0 Å². The van der Waals surface area contributed by atoms with Gasteiger partial charge in [-0.15, -0.1) is 0 Å². The molecule has 0 bridgehead atoms. The van der Waals surface area contributed by atoms with Gasteiger partial charge in [-0.25, -0.2) is 0 Å². The molecule has 0 aliphatic carbocycles. The second-order valence-corrected chi connectivity index (χ2v) is 8.99. The van der Waals surface area contributed by atoms with Gasteiger partial charge in [0.25, 0.3) is 0 Å². The monoisotopic (exact) mass is 524 g/mol. The van der Waals surface area contributed by atoms with E-state index in [1.165, 1.54) is 0 Å². The molecule has 0 unspecified atom stereocenters. The van der Waals surface area contributed by atoms with E-state index in [4.69, 9.17) is 58.6 Å². The normalized spacial score (nSPS) is 10.9. The number of anilines is 2. The highest BCUT2D eigenvalue weighted by Gasteiger charge is 2.11. The van der Waals surface area contributed by atoms with Gasteiger partial charge in [0, 0.05) is 27.5 Å². The molecule has 0 aliphatic heterocycles.